The summed E-state index contributed by atoms with van der Waals surface area (Å²) >= 11 is 0. The van der Waals surface area contributed by atoms with E-state index in [9.17, 15) is 13.2 Å². The third-order valence-electron chi connectivity index (χ3n) is 3.29. The lowest BCUT2D eigenvalue weighted by Gasteiger charge is -2.19. The Morgan fingerprint density at radius 2 is 1.65 bits per heavy atom. The van der Waals surface area contributed by atoms with Crippen molar-refractivity contribution < 1.29 is 13.2 Å². The third kappa shape index (κ3) is 5.41. The molecule has 0 bridgehead atoms. The van der Waals surface area contributed by atoms with E-state index in [0.29, 0.717) is 17.8 Å². The quantitative estimate of drug-likeness (QED) is 0.915. The highest BCUT2D eigenvalue weighted by atomic mass is 32.2. The van der Waals surface area contributed by atoms with Gasteiger partial charge in [-0.3, -0.25) is 0 Å². The van der Waals surface area contributed by atoms with Crippen LogP contribution in [0, 0.1) is 0 Å². The van der Waals surface area contributed by atoms with Crippen LogP contribution in [0.2, 0.25) is 0 Å². The molecule has 0 spiro atoms. The number of benzene rings is 2. The number of hydrogen-bond donors (Lipinski definition) is 1. The van der Waals surface area contributed by atoms with E-state index < -0.39 is 9.84 Å². The minimum absolute atomic E-state index is 0.105. The molecule has 0 fully saturated rings. The number of nitrogens with one attached hydrogen (secondary N) is 1. The van der Waals surface area contributed by atoms with E-state index in [1.54, 1.807) is 36.2 Å². The van der Waals surface area contributed by atoms with Gasteiger partial charge in [-0.05, 0) is 17.2 Å². The molecule has 0 atom stereocenters. The number of urea groups is 1. The zero-order chi connectivity index (χ0) is 16.9. The summed E-state index contributed by atoms with van der Waals surface area (Å²) in [4.78, 5) is 13.8. The van der Waals surface area contributed by atoms with Crippen LogP contribution >= 0.6 is 0 Å². The van der Waals surface area contributed by atoms with Crippen LogP contribution in [0.4, 0.5) is 10.5 Å². The molecule has 0 aromatic heterocycles. The summed E-state index contributed by atoms with van der Waals surface area (Å²) in [5.74, 6) is -0.105. The summed E-state index contributed by atoms with van der Waals surface area (Å²) in [6.07, 6.45) is 1.17. The molecule has 0 aliphatic carbocycles. The predicted octanol–water partition coefficient (Wildman–Crippen LogP) is 2.90. The maximum absolute atomic E-state index is 12.3. The fourth-order valence-electron chi connectivity index (χ4n) is 2.19. The van der Waals surface area contributed by atoms with Gasteiger partial charge in [0.15, 0.2) is 9.84 Å². The molecule has 1 N–H and O–H groups in total. The Hall–Kier alpha value is -2.34. The number of carbonyl (C=O) groups is 1. The van der Waals surface area contributed by atoms with E-state index >= 15 is 0 Å². The highest BCUT2D eigenvalue weighted by molar-refractivity contribution is 7.89. The van der Waals surface area contributed by atoms with Crippen LogP contribution in [0.1, 0.15) is 11.1 Å². The van der Waals surface area contributed by atoms with E-state index in [1.807, 2.05) is 30.3 Å². The number of sulfone groups is 1. The van der Waals surface area contributed by atoms with Gasteiger partial charge in [0, 0.05) is 25.5 Å². The number of amides is 2. The molecule has 0 unspecified atom stereocenters. The largest absolute Gasteiger partial charge is 0.323 e. The first-order valence-electron chi connectivity index (χ1n) is 7.17. The molecule has 2 aromatic rings. The maximum atomic E-state index is 12.3. The minimum Gasteiger partial charge on any atom is -0.323 e. The van der Waals surface area contributed by atoms with E-state index in [2.05, 4.69) is 5.32 Å². The number of hydrogen-bond acceptors (Lipinski definition) is 3. The van der Waals surface area contributed by atoms with Crippen molar-refractivity contribution in [1.82, 2.24) is 4.90 Å². The van der Waals surface area contributed by atoms with Crippen molar-refractivity contribution in [3.05, 3.63) is 65.7 Å². The van der Waals surface area contributed by atoms with E-state index in [0.717, 1.165) is 5.56 Å². The van der Waals surface area contributed by atoms with Gasteiger partial charge in [0.05, 0.1) is 5.75 Å². The second kappa shape index (κ2) is 7.28. The lowest BCUT2D eigenvalue weighted by Crippen LogP contribution is -2.31. The number of rotatable bonds is 5. The Morgan fingerprint density at radius 1 is 1.04 bits per heavy atom. The van der Waals surface area contributed by atoms with Crippen molar-refractivity contribution in [1.29, 1.82) is 0 Å². The molecule has 5 nitrogen and oxygen atoms in total. The fraction of sp³-hybridized carbons (Fsp3) is 0.235. The average molecular weight is 332 g/mol. The van der Waals surface area contributed by atoms with Gasteiger partial charge in [0.1, 0.15) is 0 Å². The Kier molecular flexibility index (Phi) is 5.39. The lowest BCUT2D eigenvalue weighted by atomic mass is 10.2. The predicted molar refractivity (Wildman–Crippen MR) is 91.9 cm³/mol. The Balaban J connectivity index is 2.08. The van der Waals surface area contributed by atoms with Crippen LogP contribution in [0.15, 0.2) is 54.6 Å². The van der Waals surface area contributed by atoms with Gasteiger partial charge in [0.25, 0.3) is 0 Å². The van der Waals surface area contributed by atoms with Crippen LogP contribution in [0.5, 0.6) is 0 Å². The van der Waals surface area contributed by atoms with E-state index in [4.69, 9.17) is 0 Å². The first kappa shape index (κ1) is 17.0. The first-order valence-corrected chi connectivity index (χ1v) is 9.23. The molecule has 0 heterocycles. The molecule has 23 heavy (non-hydrogen) atoms. The minimum atomic E-state index is -3.17. The summed E-state index contributed by atoms with van der Waals surface area (Å²) in [7, 11) is -1.47. The molecule has 2 amide bonds. The van der Waals surface area contributed by atoms with Crippen molar-refractivity contribution in [3.8, 4) is 0 Å². The number of para-hydroxylation sites is 1. The molecule has 0 aliphatic heterocycles. The summed E-state index contributed by atoms with van der Waals surface area (Å²) in [5.41, 5.74) is 2.12. The van der Waals surface area contributed by atoms with Crippen molar-refractivity contribution >= 4 is 21.6 Å². The van der Waals surface area contributed by atoms with Crippen LogP contribution in [0.25, 0.3) is 0 Å². The monoisotopic (exact) mass is 332 g/mol. The molecule has 0 radical (unpaired) electrons. The van der Waals surface area contributed by atoms with Gasteiger partial charge in [-0.15, -0.1) is 0 Å². The third-order valence-corrected chi connectivity index (χ3v) is 4.12. The molecular weight excluding hydrogens is 312 g/mol. The fourth-order valence-corrected chi connectivity index (χ4v) is 3.01. The second-order valence-corrected chi connectivity index (χ2v) is 7.64. The lowest BCUT2D eigenvalue weighted by molar-refractivity contribution is 0.220. The molecule has 0 saturated heterocycles. The van der Waals surface area contributed by atoms with Gasteiger partial charge >= 0.3 is 6.03 Å². The summed E-state index contributed by atoms with van der Waals surface area (Å²) < 4.78 is 23.0. The summed E-state index contributed by atoms with van der Waals surface area (Å²) in [6, 6.07) is 16.3. The Labute approximate surface area is 136 Å². The molecule has 0 saturated carbocycles. The summed E-state index contributed by atoms with van der Waals surface area (Å²) in [6.45, 7) is 0.473. The molecular formula is C17H20N2O3S. The molecule has 122 valence electrons. The smallest absolute Gasteiger partial charge is 0.321 e. The van der Waals surface area contributed by atoms with Crippen molar-refractivity contribution in [2.75, 3.05) is 18.6 Å². The van der Waals surface area contributed by atoms with Gasteiger partial charge in [-0.25, -0.2) is 13.2 Å². The van der Waals surface area contributed by atoms with Gasteiger partial charge in [-0.2, -0.15) is 0 Å². The zero-order valence-corrected chi connectivity index (χ0v) is 14.0. The molecule has 2 rings (SSSR count). The summed E-state index contributed by atoms with van der Waals surface area (Å²) in [5, 5.41) is 2.78. The van der Waals surface area contributed by atoms with Crippen molar-refractivity contribution in [2.45, 2.75) is 12.3 Å². The topological polar surface area (TPSA) is 66.5 Å². The highest BCUT2D eigenvalue weighted by Gasteiger charge is 2.13. The molecule has 6 heteroatoms. The van der Waals surface area contributed by atoms with E-state index in [1.165, 1.54) is 6.26 Å². The van der Waals surface area contributed by atoms with Crippen LogP contribution in [-0.2, 0) is 22.1 Å². The van der Waals surface area contributed by atoms with Crippen molar-refractivity contribution in [3.63, 3.8) is 0 Å². The normalized spacial score (nSPS) is 11.0. The van der Waals surface area contributed by atoms with Gasteiger partial charge in [-0.1, -0.05) is 48.5 Å². The number of nitrogens with zero attached hydrogens (tertiary/aromatic N) is 1. The van der Waals surface area contributed by atoms with Crippen LogP contribution in [-0.4, -0.2) is 32.7 Å². The van der Waals surface area contributed by atoms with Crippen LogP contribution in [0.3, 0.4) is 0 Å². The standard InChI is InChI=1S/C17H20N2O3S/c1-19(12-14-8-4-3-5-9-14)17(20)18-16-11-7-6-10-15(16)13-23(2,21)22/h3-11H,12-13H2,1-2H3,(H,18,20). The maximum Gasteiger partial charge on any atom is 0.321 e. The van der Waals surface area contributed by atoms with Crippen molar-refractivity contribution in [2.24, 2.45) is 0 Å². The zero-order valence-electron chi connectivity index (χ0n) is 13.2. The van der Waals surface area contributed by atoms with Crippen LogP contribution < -0.4 is 5.32 Å². The molecule has 0 aliphatic rings. The van der Waals surface area contributed by atoms with E-state index in [-0.39, 0.29) is 11.8 Å². The number of carbonyl (C=O) groups excluding carboxylic acids is 1. The SMILES string of the molecule is CN(Cc1ccccc1)C(=O)Nc1ccccc1CS(C)(=O)=O. The van der Waals surface area contributed by atoms with Gasteiger partial charge in [0.2, 0.25) is 0 Å². The Morgan fingerprint density at radius 3 is 2.30 bits per heavy atom. The average Bonchev–Trinajstić information content (AvgIpc) is 2.48. The molecule has 2 aromatic carbocycles. The number of anilines is 1. The second-order valence-electron chi connectivity index (χ2n) is 5.50. The van der Waals surface area contributed by atoms with Gasteiger partial charge < -0.3 is 10.2 Å². The Bertz CT molecular complexity index is 773. The first-order chi connectivity index (χ1) is 10.8. The highest BCUT2D eigenvalue weighted by Crippen LogP contribution is 2.18.